The molecule has 0 fully saturated rings. The zero-order chi connectivity index (χ0) is 21.3. The van der Waals surface area contributed by atoms with Crippen LogP contribution in [-0.2, 0) is 4.79 Å². The van der Waals surface area contributed by atoms with Gasteiger partial charge < -0.3 is 14.8 Å². The van der Waals surface area contributed by atoms with Gasteiger partial charge in [0.2, 0.25) is 0 Å². The number of hydrogen-bond acceptors (Lipinski definition) is 4. The van der Waals surface area contributed by atoms with Crippen molar-refractivity contribution in [3.05, 3.63) is 95.6 Å². The van der Waals surface area contributed by atoms with E-state index >= 15 is 0 Å². The lowest BCUT2D eigenvalue weighted by molar-refractivity contribution is -0.112. The zero-order valence-electron chi connectivity index (χ0n) is 16.9. The predicted molar refractivity (Wildman–Crippen MR) is 118 cm³/mol. The van der Waals surface area contributed by atoms with Crippen LogP contribution in [0.5, 0.6) is 11.5 Å². The molecule has 0 bridgehead atoms. The molecule has 0 spiro atoms. The van der Waals surface area contributed by atoms with Gasteiger partial charge in [-0.1, -0.05) is 60.7 Å². The van der Waals surface area contributed by atoms with Crippen molar-refractivity contribution in [3.63, 3.8) is 0 Å². The van der Waals surface area contributed by atoms with Crippen LogP contribution in [0.25, 0.3) is 6.08 Å². The van der Waals surface area contributed by atoms with Crippen molar-refractivity contribution in [2.45, 2.75) is 6.92 Å². The fourth-order valence-corrected chi connectivity index (χ4v) is 2.99. The van der Waals surface area contributed by atoms with Gasteiger partial charge in [-0.25, -0.2) is 0 Å². The molecule has 1 N–H and O–H groups in total. The topological polar surface area (TPSA) is 64.6 Å². The number of anilines is 1. The van der Waals surface area contributed by atoms with Crippen molar-refractivity contribution >= 4 is 23.5 Å². The van der Waals surface area contributed by atoms with Crippen LogP contribution in [0.15, 0.2) is 84.4 Å². The van der Waals surface area contributed by atoms with Gasteiger partial charge in [-0.15, -0.1) is 0 Å². The number of ketones is 1. The summed E-state index contributed by atoms with van der Waals surface area (Å²) in [4.78, 5) is 26.3. The Bertz CT molecular complexity index is 1040. The van der Waals surface area contributed by atoms with Gasteiger partial charge >= 0.3 is 0 Å². The van der Waals surface area contributed by atoms with E-state index in [1.165, 1.54) is 13.2 Å². The van der Waals surface area contributed by atoms with Crippen molar-refractivity contribution in [1.29, 1.82) is 0 Å². The van der Waals surface area contributed by atoms with E-state index in [9.17, 15) is 9.59 Å². The molecule has 0 radical (unpaired) electrons. The molecule has 0 saturated carbocycles. The molecule has 152 valence electrons. The molecule has 0 aromatic heterocycles. The number of nitrogens with one attached hydrogen (secondary N) is 1. The monoisotopic (exact) mass is 401 g/mol. The molecule has 0 aliphatic carbocycles. The normalized spacial score (nSPS) is 10.9. The Morgan fingerprint density at radius 3 is 2.20 bits per heavy atom. The number of hydrogen-bond donors (Lipinski definition) is 1. The number of amides is 1. The minimum atomic E-state index is -0.501. The van der Waals surface area contributed by atoms with E-state index in [1.54, 1.807) is 54.6 Å². The van der Waals surface area contributed by atoms with Crippen molar-refractivity contribution < 1.29 is 19.1 Å². The Morgan fingerprint density at radius 2 is 1.57 bits per heavy atom. The third kappa shape index (κ3) is 4.94. The summed E-state index contributed by atoms with van der Waals surface area (Å²) in [5.74, 6) is 0.126. The minimum Gasteiger partial charge on any atom is -0.492 e. The van der Waals surface area contributed by atoms with E-state index < -0.39 is 5.91 Å². The maximum Gasteiger partial charge on any atom is 0.259 e. The van der Waals surface area contributed by atoms with Gasteiger partial charge in [0.1, 0.15) is 0 Å². The second kappa shape index (κ2) is 10.1. The first-order valence-electron chi connectivity index (χ1n) is 9.61. The molecule has 0 saturated heterocycles. The van der Waals surface area contributed by atoms with Gasteiger partial charge in [0.05, 0.1) is 19.3 Å². The maximum absolute atomic E-state index is 13.2. The number of benzene rings is 3. The van der Waals surface area contributed by atoms with E-state index in [2.05, 4.69) is 5.32 Å². The summed E-state index contributed by atoms with van der Waals surface area (Å²) >= 11 is 0. The first-order chi connectivity index (χ1) is 14.6. The molecule has 5 nitrogen and oxygen atoms in total. The number of methoxy groups -OCH3 is 1. The fraction of sp³-hybridized carbons (Fsp3) is 0.120. The lowest BCUT2D eigenvalue weighted by Crippen LogP contribution is -2.20. The molecule has 1 amide bonds. The smallest absolute Gasteiger partial charge is 0.259 e. The molecule has 5 heteroatoms. The second-order valence-corrected chi connectivity index (χ2v) is 6.38. The van der Waals surface area contributed by atoms with E-state index in [0.29, 0.717) is 34.9 Å². The predicted octanol–water partition coefficient (Wildman–Crippen LogP) is 5.00. The molecule has 0 aliphatic rings. The minimum absolute atomic E-state index is 0.00278. The van der Waals surface area contributed by atoms with Crippen molar-refractivity contribution in [3.8, 4) is 11.5 Å². The van der Waals surface area contributed by atoms with E-state index in [1.807, 2.05) is 31.2 Å². The Hall–Kier alpha value is -3.86. The van der Waals surface area contributed by atoms with E-state index in [4.69, 9.17) is 9.47 Å². The van der Waals surface area contributed by atoms with Crippen LogP contribution in [0.3, 0.4) is 0 Å². The summed E-state index contributed by atoms with van der Waals surface area (Å²) in [7, 11) is 1.53. The highest BCUT2D eigenvalue weighted by Crippen LogP contribution is 2.33. The number of rotatable bonds is 8. The van der Waals surface area contributed by atoms with Crippen molar-refractivity contribution in [2.75, 3.05) is 19.0 Å². The van der Waals surface area contributed by atoms with Crippen LogP contribution in [0, 0.1) is 0 Å². The van der Waals surface area contributed by atoms with Gasteiger partial charge in [0, 0.05) is 16.8 Å². The van der Waals surface area contributed by atoms with Gasteiger partial charge in [-0.2, -0.15) is 0 Å². The number of carbonyl (C=O) groups excluding carboxylic acids is 2. The molecule has 0 aliphatic heterocycles. The number of para-hydroxylation sites is 2. The Balaban J connectivity index is 2.06. The van der Waals surface area contributed by atoms with Gasteiger partial charge in [-0.3, -0.25) is 9.59 Å². The molecule has 30 heavy (non-hydrogen) atoms. The highest BCUT2D eigenvalue weighted by Gasteiger charge is 2.21. The first-order valence-corrected chi connectivity index (χ1v) is 9.61. The highest BCUT2D eigenvalue weighted by atomic mass is 16.5. The van der Waals surface area contributed by atoms with Crippen LogP contribution in [0.1, 0.15) is 22.8 Å². The van der Waals surface area contributed by atoms with Crippen LogP contribution in [0.2, 0.25) is 0 Å². The largest absolute Gasteiger partial charge is 0.492 e. The van der Waals surface area contributed by atoms with Crippen LogP contribution in [0.4, 0.5) is 5.69 Å². The third-order valence-corrected chi connectivity index (χ3v) is 4.37. The van der Waals surface area contributed by atoms with Crippen LogP contribution < -0.4 is 14.8 Å². The Morgan fingerprint density at radius 1 is 0.900 bits per heavy atom. The van der Waals surface area contributed by atoms with Gasteiger partial charge in [0.25, 0.3) is 5.91 Å². The first kappa shape index (κ1) is 20.9. The summed E-state index contributed by atoms with van der Waals surface area (Å²) in [6.45, 7) is 2.34. The second-order valence-electron chi connectivity index (χ2n) is 6.38. The summed E-state index contributed by atoms with van der Waals surface area (Å²) in [6.07, 6.45) is 1.54. The lowest BCUT2D eigenvalue weighted by Gasteiger charge is -2.13. The van der Waals surface area contributed by atoms with Crippen LogP contribution in [-0.4, -0.2) is 25.4 Å². The van der Waals surface area contributed by atoms with Crippen LogP contribution >= 0.6 is 0 Å². The summed E-state index contributed by atoms with van der Waals surface area (Å²) in [6, 6.07) is 23.0. The molecule has 0 heterocycles. The van der Waals surface area contributed by atoms with Crippen molar-refractivity contribution in [1.82, 2.24) is 0 Å². The molecule has 0 unspecified atom stereocenters. The average Bonchev–Trinajstić information content (AvgIpc) is 2.78. The van der Waals surface area contributed by atoms with Gasteiger partial charge in [-0.05, 0) is 31.2 Å². The summed E-state index contributed by atoms with van der Waals surface area (Å²) in [5, 5.41) is 2.79. The summed E-state index contributed by atoms with van der Waals surface area (Å²) < 4.78 is 11.1. The van der Waals surface area contributed by atoms with E-state index in [0.717, 1.165) is 0 Å². The SMILES string of the molecule is CCOc1cccc(/C=C(/C(=O)Nc2ccccc2)C(=O)c2ccccc2)c1OC. The standard InChI is InChI=1S/C25H23NO4/c1-3-30-22-16-10-13-19(24(22)29-2)17-21(23(27)18-11-6-4-7-12-18)25(28)26-20-14-8-5-9-15-20/h4-17H,3H2,1-2H3,(H,26,28)/b21-17+. The van der Waals surface area contributed by atoms with Crippen molar-refractivity contribution in [2.24, 2.45) is 0 Å². The lowest BCUT2D eigenvalue weighted by atomic mass is 9.99. The fourth-order valence-electron chi connectivity index (χ4n) is 2.99. The Labute approximate surface area is 176 Å². The van der Waals surface area contributed by atoms with Gasteiger partial charge in [0.15, 0.2) is 17.3 Å². The number of Topliss-reactive ketones (excluding diaryl/α,β-unsaturated/α-hetero) is 1. The number of ether oxygens (including phenoxy) is 2. The molecule has 3 rings (SSSR count). The molecule has 0 atom stereocenters. The van der Waals surface area contributed by atoms with E-state index in [-0.39, 0.29) is 11.4 Å². The third-order valence-electron chi connectivity index (χ3n) is 4.37. The average molecular weight is 401 g/mol. The molecule has 3 aromatic carbocycles. The molecule has 3 aromatic rings. The molecular weight excluding hydrogens is 378 g/mol. The highest BCUT2D eigenvalue weighted by molar-refractivity contribution is 6.31. The maximum atomic E-state index is 13.2. The molecular formula is C25H23NO4. The Kier molecular flexibility index (Phi) is 7.00. The number of carbonyl (C=O) groups is 2. The summed E-state index contributed by atoms with van der Waals surface area (Å²) in [5.41, 5.74) is 1.60. The zero-order valence-corrected chi connectivity index (χ0v) is 16.9. The quantitative estimate of drug-likeness (QED) is 0.250.